The van der Waals surface area contributed by atoms with Crippen molar-refractivity contribution in [3.05, 3.63) is 34.6 Å². The highest BCUT2D eigenvalue weighted by atomic mass is 79.9. The Bertz CT molecular complexity index is 662. The van der Waals surface area contributed by atoms with E-state index in [9.17, 15) is 4.79 Å². The lowest BCUT2D eigenvalue weighted by Gasteiger charge is -2.14. The molecule has 1 heterocycles. The Labute approximate surface area is 142 Å². The van der Waals surface area contributed by atoms with Crippen LogP contribution in [0, 0.1) is 0 Å². The molecule has 0 unspecified atom stereocenters. The molecule has 23 heavy (non-hydrogen) atoms. The molecule has 124 valence electrons. The van der Waals surface area contributed by atoms with Gasteiger partial charge in [-0.1, -0.05) is 0 Å². The number of carbonyl (C=O) groups excluding carboxylic acids is 1. The van der Waals surface area contributed by atoms with Crippen molar-refractivity contribution < 1.29 is 19.0 Å². The van der Waals surface area contributed by atoms with E-state index in [-0.39, 0.29) is 12.5 Å². The average Bonchev–Trinajstić information content (AvgIpc) is 2.96. The van der Waals surface area contributed by atoms with Gasteiger partial charge in [0, 0.05) is 12.7 Å². The Morgan fingerprint density at radius 2 is 1.87 bits per heavy atom. The topological polar surface area (TPSA) is 74.6 Å². The maximum atomic E-state index is 12.0. The van der Waals surface area contributed by atoms with Gasteiger partial charge < -0.3 is 19.5 Å². The molecular formula is C15H18BrN3O4. The lowest BCUT2D eigenvalue weighted by molar-refractivity contribution is -0.122. The van der Waals surface area contributed by atoms with Crippen LogP contribution in [0.5, 0.6) is 17.2 Å². The third-order valence-corrected chi connectivity index (χ3v) is 3.53. The molecule has 0 fully saturated rings. The summed E-state index contributed by atoms with van der Waals surface area (Å²) in [5.41, 5.74) is 0.842. The summed E-state index contributed by atoms with van der Waals surface area (Å²) in [6, 6.07) is 3.60. The Morgan fingerprint density at radius 3 is 2.35 bits per heavy atom. The van der Waals surface area contributed by atoms with Crippen molar-refractivity contribution in [3.63, 3.8) is 0 Å². The Morgan fingerprint density at radius 1 is 1.22 bits per heavy atom. The molecule has 8 heteroatoms. The van der Waals surface area contributed by atoms with Crippen molar-refractivity contribution in [2.45, 2.75) is 13.1 Å². The lowest BCUT2D eigenvalue weighted by Crippen LogP contribution is -2.27. The van der Waals surface area contributed by atoms with Crippen LogP contribution in [-0.2, 0) is 17.9 Å². The molecule has 0 saturated heterocycles. The van der Waals surface area contributed by atoms with Gasteiger partial charge in [-0.3, -0.25) is 9.48 Å². The SMILES string of the molecule is COc1cc(CNC(=O)Cn2cc(Br)cn2)cc(OC)c1OC. The summed E-state index contributed by atoms with van der Waals surface area (Å²) >= 11 is 3.29. The summed E-state index contributed by atoms with van der Waals surface area (Å²) in [6.45, 7) is 0.494. The van der Waals surface area contributed by atoms with E-state index in [2.05, 4.69) is 26.3 Å². The van der Waals surface area contributed by atoms with E-state index in [1.807, 2.05) is 0 Å². The maximum absolute atomic E-state index is 12.0. The number of nitrogens with zero attached hydrogens (tertiary/aromatic N) is 2. The summed E-state index contributed by atoms with van der Waals surface area (Å²) in [5.74, 6) is 1.47. The Kier molecular flexibility index (Phi) is 5.86. The van der Waals surface area contributed by atoms with Gasteiger partial charge in [0.2, 0.25) is 11.7 Å². The van der Waals surface area contributed by atoms with E-state index in [1.54, 1.807) is 50.5 Å². The zero-order chi connectivity index (χ0) is 16.8. The second-order valence-corrected chi connectivity index (χ2v) is 5.58. The molecule has 0 aliphatic heterocycles. The molecule has 0 saturated carbocycles. The third-order valence-electron chi connectivity index (χ3n) is 3.12. The van der Waals surface area contributed by atoms with Gasteiger partial charge in [-0.25, -0.2) is 0 Å². The summed E-state index contributed by atoms with van der Waals surface area (Å²) < 4.78 is 18.2. The number of carbonyl (C=O) groups is 1. The van der Waals surface area contributed by atoms with Crippen molar-refractivity contribution in [1.82, 2.24) is 15.1 Å². The maximum Gasteiger partial charge on any atom is 0.241 e. The first-order chi connectivity index (χ1) is 11.1. The molecule has 0 atom stereocenters. The smallest absolute Gasteiger partial charge is 0.241 e. The van der Waals surface area contributed by atoms with E-state index in [0.717, 1.165) is 10.0 Å². The molecule has 1 amide bonds. The molecule has 1 aromatic heterocycles. The number of aromatic nitrogens is 2. The van der Waals surface area contributed by atoms with E-state index in [0.29, 0.717) is 23.8 Å². The summed E-state index contributed by atoms with van der Waals surface area (Å²) in [4.78, 5) is 12.0. The van der Waals surface area contributed by atoms with Crippen molar-refractivity contribution in [3.8, 4) is 17.2 Å². The van der Waals surface area contributed by atoms with Crippen LogP contribution in [0.3, 0.4) is 0 Å². The molecule has 0 bridgehead atoms. The Balaban J connectivity index is 2.03. The average molecular weight is 384 g/mol. The number of rotatable bonds is 7. The molecule has 2 rings (SSSR count). The van der Waals surface area contributed by atoms with Crippen LogP contribution in [-0.4, -0.2) is 37.0 Å². The first-order valence-corrected chi connectivity index (χ1v) is 7.60. The van der Waals surface area contributed by atoms with E-state index in [4.69, 9.17) is 14.2 Å². The van der Waals surface area contributed by atoms with E-state index in [1.165, 1.54) is 0 Å². The molecule has 1 N–H and O–H groups in total. The Hall–Kier alpha value is -2.22. The van der Waals surface area contributed by atoms with Gasteiger partial charge in [0.15, 0.2) is 11.5 Å². The van der Waals surface area contributed by atoms with Crippen LogP contribution in [0.4, 0.5) is 0 Å². The largest absolute Gasteiger partial charge is 0.493 e. The van der Waals surface area contributed by atoms with Crippen LogP contribution in [0.2, 0.25) is 0 Å². The predicted molar refractivity (Wildman–Crippen MR) is 87.9 cm³/mol. The first-order valence-electron chi connectivity index (χ1n) is 6.81. The van der Waals surface area contributed by atoms with Crippen LogP contribution < -0.4 is 19.5 Å². The van der Waals surface area contributed by atoms with Crippen molar-refractivity contribution in [1.29, 1.82) is 0 Å². The number of benzene rings is 1. The molecule has 2 aromatic rings. The molecule has 1 aromatic carbocycles. The fraction of sp³-hybridized carbons (Fsp3) is 0.333. The van der Waals surface area contributed by atoms with Gasteiger partial charge in [0.25, 0.3) is 0 Å². The minimum Gasteiger partial charge on any atom is -0.493 e. The summed E-state index contributed by atoms with van der Waals surface area (Å²) in [7, 11) is 4.65. The highest BCUT2D eigenvalue weighted by Gasteiger charge is 2.13. The van der Waals surface area contributed by atoms with Crippen molar-refractivity contribution in [2.75, 3.05) is 21.3 Å². The number of methoxy groups -OCH3 is 3. The van der Waals surface area contributed by atoms with Gasteiger partial charge in [0.05, 0.1) is 32.0 Å². The molecule has 0 aliphatic rings. The van der Waals surface area contributed by atoms with Crippen LogP contribution >= 0.6 is 15.9 Å². The lowest BCUT2D eigenvalue weighted by atomic mass is 10.1. The van der Waals surface area contributed by atoms with Gasteiger partial charge in [0.1, 0.15) is 6.54 Å². The quantitative estimate of drug-likeness (QED) is 0.791. The van der Waals surface area contributed by atoms with Gasteiger partial charge in [-0.05, 0) is 33.6 Å². The summed E-state index contributed by atoms with van der Waals surface area (Å²) in [5, 5.41) is 6.87. The number of hydrogen-bond acceptors (Lipinski definition) is 5. The fourth-order valence-corrected chi connectivity index (χ4v) is 2.39. The minimum atomic E-state index is -0.144. The summed E-state index contributed by atoms with van der Waals surface area (Å²) in [6.07, 6.45) is 3.37. The van der Waals surface area contributed by atoms with Crippen LogP contribution in [0.25, 0.3) is 0 Å². The van der Waals surface area contributed by atoms with Gasteiger partial charge in [-0.15, -0.1) is 0 Å². The number of amides is 1. The third kappa shape index (κ3) is 4.38. The predicted octanol–water partition coefficient (Wildman–Crippen LogP) is 1.99. The molecule has 0 aliphatic carbocycles. The van der Waals surface area contributed by atoms with E-state index < -0.39 is 0 Å². The monoisotopic (exact) mass is 383 g/mol. The normalized spacial score (nSPS) is 10.3. The van der Waals surface area contributed by atoms with Crippen LogP contribution in [0.1, 0.15) is 5.56 Å². The molecular weight excluding hydrogens is 366 g/mol. The number of nitrogens with one attached hydrogen (secondary N) is 1. The van der Waals surface area contributed by atoms with E-state index >= 15 is 0 Å². The fourth-order valence-electron chi connectivity index (χ4n) is 2.07. The highest BCUT2D eigenvalue weighted by molar-refractivity contribution is 9.10. The zero-order valence-corrected chi connectivity index (χ0v) is 14.7. The van der Waals surface area contributed by atoms with Gasteiger partial charge >= 0.3 is 0 Å². The molecule has 0 radical (unpaired) electrons. The van der Waals surface area contributed by atoms with Crippen molar-refractivity contribution >= 4 is 21.8 Å². The zero-order valence-electron chi connectivity index (χ0n) is 13.1. The minimum absolute atomic E-state index is 0.144. The first kappa shape index (κ1) is 17.1. The molecule has 0 spiro atoms. The van der Waals surface area contributed by atoms with Crippen molar-refractivity contribution in [2.24, 2.45) is 0 Å². The second-order valence-electron chi connectivity index (χ2n) is 4.67. The standard InChI is InChI=1S/C15H18BrN3O4/c1-21-12-4-10(5-13(22-2)15(12)23-3)6-17-14(20)9-19-8-11(16)7-18-19/h4-5,7-8H,6,9H2,1-3H3,(H,17,20). The van der Waals surface area contributed by atoms with Gasteiger partial charge in [-0.2, -0.15) is 5.10 Å². The highest BCUT2D eigenvalue weighted by Crippen LogP contribution is 2.38. The van der Waals surface area contributed by atoms with Crippen LogP contribution in [0.15, 0.2) is 29.0 Å². The number of halogens is 1. The number of hydrogen-bond donors (Lipinski definition) is 1. The molecule has 7 nitrogen and oxygen atoms in total. The number of ether oxygens (including phenoxy) is 3. The second kappa shape index (κ2) is 7.87.